The molecular formula is C8H15N5O. The summed E-state index contributed by atoms with van der Waals surface area (Å²) < 4.78 is 0. The molecule has 0 radical (unpaired) electrons. The van der Waals surface area contributed by atoms with Crippen LogP contribution in [-0.4, -0.2) is 26.9 Å². The quantitative estimate of drug-likeness (QED) is 0.651. The summed E-state index contributed by atoms with van der Waals surface area (Å²) in [7, 11) is 0. The van der Waals surface area contributed by atoms with Gasteiger partial charge in [-0.2, -0.15) is 0 Å². The molecule has 6 heteroatoms. The molecule has 1 heterocycles. The first-order valence-corrected chi connectivity index (χ1v) is 4.86. The molecule has 0 fully saturated rings. The van der Waals surface area contributed by atoms with Crippen LogP contribution in [0.2, 0.25) is 0 Å². The van der Waals surface area contributed by atoms with Gasteiger partial charge in [0.1, 0.15) is 0 Å². The van der Waals surface area contributed by atoms with Crippen molar-refractivity contribution in [3.63, 3.8) is 0 Å². The topological polar surface area (TPSA) is 83.6 Å². The lowest BCUT2D eigenvalue weighted by Crippen LogP contribution is -2.17. The van der Waals surface area contributed by atoms with Crippen molar-refractivity contribution in [1.82, 2.24) is 20.4 Å². The number of rotatable bonds is 6. The predicted octanol–water partition coefficient (Wildman–Crippen LogP) is 0.552. The average Bonchev–Trinajstić information content (AvgIpc) is 2.21. The number of anilines is 1. The molecule has 0 amide bonds. The third-order valence-electron chi connectivity index (χ3n) is 1.81. The number of hydrogen-bond donors (Lipinski definition) is 2. The summed E-state index contributed by atoms with van der Waals surface area (Å²) >= 11 is 0. The molecule has 2 N–H and O–H groups in total. The first kappa shape index (κ1) is 10.6. The number of aromatic nitrogens is 4. The van der Waals surface area contributed by atoms with Crippen molar-refractivity contribution in [3.05, 3.63) is 10.5 Å². The highest BCUT2D eigenvalue weighted by Crippen LogP contribution is 1.99. The molecule has 0 aromatic carbocycles. The normalized spacial score (nSPS) is 10.1. The number of hydrogen-bond acceptors (Lipinski definition) is 5. The Morgan fingerprint density at radius 1 is 1.29 bits per heavy atom. The third kappa shape index (κ3) is 3.97. The molecule has 1 rings (SSSR count). The summed E-state index contributed by atoms with van der Waals surface area (Å²) in [6.45, 7) is 2.98. The number of nitrogens with one attached hydrogen (secondary N) is 2. The van der Waals surface area contributed by atoms with Crippen LogP contribution >= 0.6 is 0 Å². The summed E-state index contributed by atoms with van der Waals surface area (Å²) in [5.41, 5.74) is -0.526. The van der Waals surface area contributed by atoms with Crippen LogP contribution in [-0.2, 0) is 0 Å². The first-order chi connectivity index (χ1) is 6.83. The van der Waals surface area contributed by atoms with Crippen molar-refractivity contribution in [1.29, 1.82) is 0 Å². The minimum absolute atomic E-state index is 0.376. The summed E-state index contributed by atoms with van der Waals surface area (Å²) in [6, 6.07) is 0. The Kier molecular flexibility index (Phi) is 4.60. The number of H-pyrrole nitrogens is 1. The van der Waals surface area contributed by atoms with Gasteiger partial charge in [-0.3, -0.25) is 0 Å². The van der Waals surface area contributed by atoms with Crippen LogP contribution in [0.25, 0.3) is 0 Å². The second kappa shape index (κ2) is 6.06. The minimum Gasteiger partial charge on any atom is -0.352 e. The molecule has 14 heavy (non-hydrogen) atoms. The molecule has 0 saturated heterocycles. The minimum atomic E-state index is -0.526. The lowest BCUT2D eigenvalue weighted by Gasteiger charge is -2.01. The maximum absolute atomic E-state index is 10.5. The zero-order valence-corrected chi connectivity index (χ0v) is 8.29. The fraction of sp³-hybridized carbons (Fsp3) is 0.750. The zero-order valence-electron chi connectivity index (χ0n) is 8.29. The molecule has 0 unspecified atom stereocenters. The zero-order chi connectivity index (χ0) is 10.2. The molecule has 0 saturated carbocycles. The van der Waals surface area contributed by atoms with Crippen molar-refractivity contribution in [2.75, 3.05) is 11.9 Å². The summed E-state index contributed by atoms with van der Waals surface area (Å²) in [4.78, 5) is 10.5. The fourth-order valence-corrected chi connectivity index (χ4v) is 1.07. The predicted molar refractivity (Wildman–Crippen MR) is 53.1 cm³/mol. The molecule has 0 aliphatic carbocycles. The van der Waals surface area contributed by atoms with Crippen molar-refractivity contribution >= 4 is 5.95 Å². The number of unbranched alkanes of at least 4 members (excludes halogenated alkanes) is 3. The van der Waals surface area contributed by atoms with E-state index >= 15 is 0 Å². The van der Waals surface area contributed by atoms with E-state index in [4.69, 9.17) is 0 Å². The van der Waals surface area contributed by atoms with E-state index in [0.717, 1.165) is 13.0 Å². The molecule has 6 nitrogen and oxygen atoms in total. The molecule has 1 aromatic rings. The highest BCUT2D eigenvalue weighted by Gasteiger charge is 1.94. The second-order valence-electron chi connectivity index (χ2n) is 3.04. The molecule has 0 aliphatic heterocycles. The lowest BCUT2D eigenvalue weighted by molar-refractivity contribution is 0.680. The van der Waals surface area contributed by atoms with Crippen molar-refractivity contribution < 1.29 is 0 Å². The Hall–Kier alpha value is -1.46. The van der Waals surface area contributed by atoms with E-state index in [-0.39, 0.29) is 0 Å². The van der Waals surface area contributed by atoms with Gasteiger partial charge in [0, 0.05) is 6.54 Å². The van der Waals surface area contributed by atoms with Gasteiger partial charge in [-0.1, -0.05) is 31.3 Å². The van der Waals surface area contributed by atoms with Crippen LogP contribution < -0.4 is 11.0 Å². The van der Waals surface area contributed by atoms with Gasteiger partial charge in [-0.15, -0.1) is 10.2 Å². The Morgan fingerprint density at radius 3 is 2.79 bits per heavy atom. The Balaban J connectivity index is 2.18. The molecule has 0 bridgehead atoms. The van der Waals surface area contributed by atoms with Crippen molar-refractivity contribution in [3.8, 4) is 0 Å². The maximum atomic E-state index is 10.5. The Labute approximate surface area is 82.1 Å². The molecule has 0 atom stereocenters. The van der Waals surface area contributed by atoms with Crippen LogP contribution in [0.5, 0.6) is 0 Å². The molecule has 78 valence electrons. The monoisotopic (exact) mass is 197 g/mol. The second-order valence-corrected chi connectivity index (χ2v) is 3.04. The van der Waals surface area contributed by atoms with E-state index in [1.165, 1.54) is 19.3 Å². The van der Waals surface area contributed by atoms with E-state index in [0.29, 0.717) is 5.95 Å². The van der Waals surface area contributed by atoms with E-state index in [9.17, 15) is 4.79 Å². The van der Waals surface area contributed by atoms with Crippen molar-refractivity contribution in [2.24, 2.45) is 0 Å². The molecular weight excluding hydrogens is 182 g/mol. The summed E-state index contributed by atoms with van der Waals surface area (Å²) in [5, 5.41) is 15.7. The van der Waals surface area contributed by atoms with Gasteiger partial charge in [0.25, 0.3) is 5.95 Å². The van der Waals surface area contributed by atoms with Gasteiger partial charge in [0.2, 0.25) is 0 Å². The van der Waals surface area contributed by atoms with Gasteiger partial charge in [0.15, 0.2) is 0 Å². The van der Waals surface area contributed by atoms with E-state index in [2.05, 4.69) is 32.6 Å². The number of nitrogens with zero attached hydrogens (tertiary/aromatic N) is 3. The fourth-order valence-electron chi connectivity index (χ4n) is 1.07. The van der Waals surface area contributed by atoms with Crippen molar-refractivity contribution in [2.45, 2.75) is 32.6 Å². The van der Waals surface area contributed by atoms with E-state index in [1.807, 2.05) is 0 Å². The smallest absolute Gasteiger partial charge is 0.352 e. The first-order valence-electron chi connectivity index (χ1n) is 4.86. The average molecular weight is 197 g/mol. The van der Waals surface area contributed by atoms with Crippen LogP contribution in [0.4, 0.5) is 5.95 Å². The molecule has 0 spiro atoms. The van der Waals surface area contributed by atoms with Crippen LogP contribution in [0.3, 0.4) is 0 Å². The van der Waals surface area contributed by atoms with Gasteiger partial charge in [-0.25, -0.2) is 9.89 Å². The van der Waals surface area contributed by atoms with Gasteiger partial charge < -0.3 is 5.32 Å². The van der Waals surface area contributed by atoms with E-state index < -0.39 is 5.69 Å². The highest BCUT2D eigenvalue weighted by molar-refractivity contribution is 5.17. The van der Waals surface area contributed by atoms with Gasteiger partial charge >= 0.3 is 5.69 Å². The standard InChI is InChI=1S/C8H15N5O/c1-2-3-4-5-6-9-7-10-12-8(14)13-11-7/h2-6H2,1H3,(H,9,10,11)(H,12,13,14). The number of aromatic amines is 1. The Bertz CT molecular complexity index is 290. The highest BCUT2D eigenvalue weighted by atomic mass is 16.1. The summed E-state index contributed by atoms with van der Waals surface area (Å²) in [5.74, 6) is 0.376. The van der Waals surface area contributed by atoms with Crippen LogP contribution in [0, 0.1) is 0 Å². The maximum Gasteiger partial charge on any atom is 0.380 e. The van der Waals surface area contributed by atoms with Crippen LogP contribution in [0.15, 0.2) is 4.79 Å². The van der Waals surface area contributed by atoms with Crippen LogP contribution in [0.1, 0.15) is 32.6 Å². The molecule has 1 aromatic heterocycles. The van der Waals surface area contributed by atoms with Gasteiger partial charge in [-0.05, 0) is 6.42 Å². The van der Waals surface area contributed by atoms with Gasteiger partial charge in [0.05, 0.1) is 0 Å². The Morgan fingerprint density at radius 2 is 2.14 bits per heavy atom. The lowest BCUT2D eigenvalue weighted by atomic mass is 10.2. The van der Waals surface area contributed by atoms with E-state index in [1.54, 1.807) is 0 Å². The SMILES string of the molecule is CCCCCCNc1nnc(=O)[nH]n1. The largest absolute Gasteiger partial charge is 0.380 e. The third-order valence-corrected chi connectivity index (χ3v) is 1.81. The summed E-state index contributed by atoms with van der Waals surface area (Å²) in [6.07, 6.45) is 4.74. The molecule has 0 aliphatic rings.